The van der Waals surface area contributed by atoms with Crippen LogP contribution in [-0.2, 0) is 4.74 Å². The van der Waals surface area contributed by atoms with Gasteiger partial charge in [-0.05, 0) is 18.2 Å². The lowest BCUT2D eigenvalue weighted by molar-refractivity contribution is -0.384. The molecule has 28 heavy (non-hydrogen) atoms. The topological polar surface area (TPSA) is 111 Å². The summed E-state index contributed by atoms with van der Waals surface area (Å²) in [5.74, 6) is 1.02. The van der Waals surface area contributed by atoms with Gasteiger partial charge < -0.3 is 19.3 Å². The van der Waals surface area contributed by atoms with Crippen molar-refractivity contribution in [2.75, 3.05) is 51.4 Å². The number of rotatable bonds is 7. The third-order valence-electron chi connectivity index (χ3n) is 4.38. The maximum atomic E-state index is 12.6. The van der Waals surface area contributed by atoms with E-state index in [2.05, 4.69) is 10.2 Å². The van der Waals surface area contributed by atoms with E-state index in [0.717, 1.165) is 5.82 Å². The molecule has 10 heteroatoms. The predicted octanol–water partition coefficient (Wildman–Crippen LogP) is 1.37. The average Bonchev–Trinajstić information content (AvgIpc) is 2.74. The highest BCUT2D eigenvalue weighted by Crippen LogP contribution is 2.18. The summed E-state index contributed by atoms with van der Waals surface area (Å²) >= 11 is 0. The molecule has 0 N–H and O–H groups in total. The van der Waals surface area contributed by atoms with Crippen molar-refractivity contribution in [3.63, 3.8) is 0 Å². The Balaban J connectivity index is 1.53. The summed E-state index contributed by atoms with van der Waals surface area (Å²) in [5.41, 5.74) is 0.408. The number of nitrogens with zero attached hydrogens (tertiary/aromatic N) is 5. The summed E-state index contributed by atoms with van der Waals surface area (Å²) in [6.45, 7) is 3.20. The van der Waals surface area contributed by atoms with Crippen molar-refractivity contribution in [2.24, 2.45) is 0 Å². The third kappa shape index (κ3) is 4.71. The highest BCUT2D eigenvalue weighted by molar-refractivity contribution is 5.94. The molecule has 0 aliphatic carbocycles. The van der Waals surface area contributed by atoms with Crippen molar-refractivity contribution in [2.45, 2.75) is 0 Å². The molecule has 0 radical (unpaired) electrons. The van der Waals surface area contributed by atoms with Crippen molar-refractivity contribution in [3.8, 4) is 5.88 Å². The van der Waals surface area contributed by atoms with Crippen LogP contribution in [0, 0.1) is 10.1 Å². The lowest BCUT2D eigenvalue weighted by Crippen LogP contribution is -2.49. The number of carbonyl (C=O) groups excluding carboxylic acids is 1. The summed E-state index contributed by atoms with van der Waals surface area (Å²) in [4.78, 5) is 26.6. The van der Waals surface area contributed by atoms with Crippen LogP contribution >= 0.6 is 0 Å². The number of nitro groups is 1. The normalized spacial score (nSPS) is 14.0. The Bertz CT molecular complexity index is 804. The summed E-state index contributed by atoms with van der Waals surface area (Å²) < 4.78 is 10.3. The molecule has 1 amide bonds. The lowest BCUT2D eigenvalue weighted by atomic mass is 10.1. The maximum Gasteiger partial charge on any atom is 0.269 e. The second kappa shape index (κ2) is 9.09. The molecule has 0 unspecified atom stereocenters. The number of ether oxygens (including phenoxy) is 2. The van der Waals surface area contributed by atoms with E-state index in [9.17, 15) is 14.9 Å². The van der Waals surface area contributed by atoms with Gasteiger partial charge in [0.1, 0.15) is 6.61 Å². The molecule has 1 aliphatic rings. The smallest absolute Gasteiger partial charge is 0.269 e. The minimum atomic E-state index is -0.484. The molecule has 2 heterocycles. The number of aromatic nitrogens is 2. The van der Waals surface area contributed by atoms with Gasteiger partial charge in [0.15, 0.2) is 5.82 Å². The van der Waals surface area contributed by atoms with Gasteiger partial charge in [-0.2, -0.15) is 0 Å². The summed E-state index contributed by atoms with van der Waals surface area (Å²) in [7, 11) is 1.60. The van der Waals surface area contributed by atoms with Gasteiger partial charge in [0.05, 0.1) is 11.5 Å². The van der Waals surface area contributed by atoms with Gasteiger partial charge in [-0.15, -0.1) is 10.2 Å². The van der Waals surface area contributed by atoms with Crippen LogP contribution in [0.3, 0.4) is 0 Å². The Kier molecular flexibility index (Phi) is 6.33. The monoisotopic (exact) mass is 387 g/mol. The SMILES string of the molecule is COCCOc1ccc(N2CCN(C(=O)c3ccc([N+](=O)[O-])cc3)CC2)nn1. The molecular formula is C18H21N5O5. The molecule has 2 aromatic rings. The van der Waals surface area contributed by atoms with Crippen LogP contribution in [0.2, 0.25) is 0 Å². The standard InChI is InChI=1S/C18H21N5O5/c1-27-12-13-28-17-7-6-16(19-20-17)21-8-10-22(11-9-21)18(24)14-2-4-15(5-3-14)23(25)26/h2-7H,8-13H2,1H3. The van der Waals surface area contributed by atoms with E-state index in [0.29, 0.717) is 50.8 Å². The number of anilines is 1. The van der Waals surface area contributed by atoms with Crippen molar-refractivity contribution in [3.05, 3.63) is 52.1 Å². The van der Waals surface area contributed by atoms with Gasteiger partial charge in [-0.1, -0.05) is 0 Å². The Morgan fingerprint density at radius 1 is 1.07 bits per heavy atom. The van der Waals surface area contributed by atoms with E-state index in [1.165, 1.54) is 24.3 Å². The number of hydrogen-bond donors (Lipinski definition) is 0. The largest absolute Gasteiger partial charge is 0.474 e. The van der Waals surface area contributed by atoms with Crippen LogP contribution in [0.5, 0.6) is 5.88 Å². The molecule has 1 aromatic heterocycles. The zero-order valence-corrected chi connectivity index (χ0v) is 15.5. The molecule has 1 aromatic carbocycles. The van der Waals surface area contributed by atoms with Gasteiger partial charge in [0.2, 0.25) is 5.88 Å². The molecule has 10 nitrogen and oxygen atoms in total. The van der Waals surface area contributed by atoms with E-state index < -0.39 is 4.92 Å². The number of carbonyl (C=O) groups is 1. The number of hydrogen-bond acceptors (Lipinski definition) is 8. The fourth-order valence-corrected chi connectivity index (χ4v) is 2.84. The van der Waals surface area contributed by atoms with Gasteiger partial charge >= 0.3 is 0 Å². The van der Waals surface area contributed by atoms with Crippen molar-refractivity contribution in [1.29, 1.82) is 0 Å². The molecule has 0 saturated carbocycles. The van der Waals surface area contributed by atoms with Gasteiger partial charge in [0, 0.05) is 57.1 Å². The Morgan fingerprint density at radius 2 is 1.79 bits per heavy atom. The zero-order valence-electron chi connectivity index (χ0n) is 15.5. The number of methoxy groups -OCH3 is 1. The Labute approximate surface area is 161 Å². The van der Waals surface area contributed by atoms with Crippen LogP contribution in [0.15, 0.2) is 36.4 Å². The predicted molar refractivity (Wildman–Crippen MR) is 101 cm³/mol. The molecule has 1 aliphatic heterocycles. The van der Waals surface area contributed by atoms with Gasteiger partial charge in [0.25, 0.3) is 11.6 Å². The van der Waals surface area contributed by atoms with E-state index in [1.807, 2.05) is 11.0 Å². The van der Waals surface area contributed by atoms with Crippen molar-refractivity contribution < 1.29 is 19.2 Å². The summed E-state index contributed by atoms with van der Waals surface area (Å²) in [5, 5.41) is 18.9. The minimum Gasteiger partial charge on any atom is -0.474 e. The van der Waals surface area contributed by atoms with E-state index in [1.54, 1.807) is 18.1 Å². The number of non-ortho nitro benzene ring substituents is 1. The number of nitro benzene ring substituents is 1. The fraction of sp³-hybridized carbons (Fsp3) is 0.389. The first kappa shape index (κ1) is 19.5. The molecule has 1 fully saturated rings. The van der Waals surface area contributed by atoms with Crippen LogP contribution in [0.4, 0.5) is 11.5 Å². The second-order valence-electron chi connectivity index (χ2n) is 6.15. The molecule has 0 bridgehead atoms. The Morgan fingerprint density at radius 3 is 2.36 bits per heavy atom. The number of piperazine rings is 1. The van der Waals surface area contributed by atoms with Crippen molar-refractivity contribution in [1.82, 2.24) is 15.1 Å². The first-order chi connectivity index (χ1) is 13.6. The molecule has 3 rings (SSSR count). The molecule has 0 atom stereocenters. The number of benzene rings is 1. The van der Waals surface area contributed by atoms with Crippen molar-refractivity contribution >= 4 is 17.4 Å². The van der Waals surface area contributed by atoms with Crippen LogP contribution < -0.4 is 9.64 Å². The highest BCUT2D eigenvalue weighted by atomic mass is 16.6. The van der Waals surface area contributed by atoms with Crippen LogP contribution in [-0.4, -0.2) is 72.4 Å². The summed E-state index contributed by atoms with van der Waals surface area (Å²) in [6.07, 6.45) is 0. The highest BCUT2D eigenvalue weighted by Gasteiger charge is 2.23. The van der Waals surface area contributed by atoms with E-state index >= 15 is 0 Å². The number of amides is 1. The van der Waals surface area contributed by atoms with Gasteiger partial charge in [-0.25, -0.2) is 0 Å². The summed E-state index contributed by atoms with van der Waals surface area (Å²) in [6, 6.07) is 9.25. The zero-order chi connectivity index (χ0) is 19.9. The molecule has 0 spiro atoms. The second-order valence-corrected chi connectivity index (χ2v) is 6.15. The lowest BCUT2D eigenvalue weighted by Gasteiger charge is -2.35. The molecule has 1 saturated heterocycles. The van der Waals surface area contributed by atoms with Crippen LogP contribution in [0.1, 0.15) is 10.4 Å². The third-order valence-corrected chi connectivity index (χ3v) is 4.38. The Hall–Kier alpha value is -3.27. The first-order valence-corrected chi connectivity index (χ1v) is 8.82. The molecule has 148 valence electrons. The minimum absolute atomic E-state index is 0.0328. The quantitative estimate of drug-likeness (QED) is 0.398. The fourth-order valence-electron chi connectivity index (χ4n) is 2.84. The first-order valence-electron chi connectivity index (χ1n) is 8.82. The maximum absolute atomic E-state index is 12.6. The van der Waals surface area contributed by atoms with Crippen LogP contribution in [0.25, 0.3) is 0 Å². The van der Waals surface area contributed by atoms with E-state index in [4.69, 9.17) is 9.47 Å². The molecular weight excluding hydrogens is 366 g/mol. The average molecular weight is 387 g/mol. The van der Waals surface area contributed by atoms with E-state index in [-0.39, 0.29) is 11.6 Å². The van der Waals surface area contributed by atoms with Gasteiger partial charge in [-0.3, -0.25) is 14.9 Å².